The minimum absolute atomic E-state index is 0.297. The van der Waals surface area contributed by atoms with E-state index >= 15 is 0 Å². The van der Waals surface area contributed by atoms with E-state index in [-0.39, 0.29) is 0 Å². The van der Waals surface area contributed by atoms with Crippen molar-refractivity contribution in [3.05, 3.63) is 58.7 Å². The zero-order chi connectivity index (χ0) is 25.0. The van der Waals surface area contributed by atoms with Crippen molar-refractivity contribution in [2.45, 2.75) is 65.2 Å². The average Bonchev–Trinajstić information content (AvgIpc) is 2.81. The second-order valence-corrected chi connectivity index (χ2v) is 9.04. The molecule has 0 amide bonds. The molecule has 2 rings (SSSR count). The first-order valence-corrected chi connectivity index (χ1v) is 12.5. The van der Waals surface area contributed by atoms with Crippen LogP contribution < -0.4 is 0 Å². The highest BCUT2D eigenvalue weighted by atomic mass is 31.1. The van der Waals surface area contributed by atoms with E-state index in [0.29, 0.717) is 12.1 Å². The van der Waals surface area contributed by atoms with Crippen LogP contribution in [0, 0.1) is 46.5 Å². The molecule has 0 aliphatic rings. The van der Waals surface area contributed by atoms with Gasteiger partial charge in [-0.25, -0.2) is 35.1 Å². The van der Waals surface area contributed by atoms with Gasteiger partial charge in [0.15, 0.2) is 40.7 Å². The third-order valence-corrected chi connectivity index (χ3v) is 6.34. The molecule has 0 fully saturated rings. The lowest BCUT2D eigenvalue weighted by Crippen LogP contribution is -2.06. The van der Waals surface area contributed by atoms with Crippen LogP contribution in [0.3, 0.4) is 0 Å². The quantitative estimate of drug-likeness (QED) is 0.0948. The predicted octanol–water partition coefficient (Wildman–Crippen LogP) is 9.29. The molecule has 33 heavy (non-hydrogen) atoms. The van der Waals surface area contributed by atoms with Gasteiger partial charge in [0.1, 0.15) is 0 Å². The summed E-state index contributed by atoms with van der Waals surface area (Å²) in [5.74, 6) is -17.6. The van der Waals surface area contributed by atoms with Gasteiger partial charge >= 0.3 is 0 Å². The second kappa shape index (κ2) is 15.3. The third kappa shape index (κ3) is 8.55. The van der Waals surface area contributed by atoms with Gasteiger partial charge in [-0.05, 0) is 37.3 Å². The lowest BCUT2D eigenvalue weighted by atomic mass is 10.0. The minimum atomic E-state index is -2.44. The van der Waals surface area contributed by atoms with E-state index in [1.807, 2.05) is 0 Å². The van der Waals surface area contributed by atoms with E-state index < -0.39 is 57.7 Å². The maximum absolute atomic E-state index is 13.4. The van der Waals surface area contributed by atoms with Crippen LogP contribution in [0.1, 0.15) is 65.2 Å². The fourth-order valence-corrected chi connectivity index (χ4v) is 4.29. The van der Waals surface area contributed by atoms with Gasteiger partial charge < -0.3 is 0 Å². The average molecular weight is 500 g/mol. The Balaban J connectivity index is 0.000000366. The number of rotatable bonds is 11. The first-order valence-electron chi connectivity index (χ1n) is 11.0. The fraction of sp³-hybridized carbons (Fsp3) is 0.500. The van der Waals surface area contributed by atoms with Gasteiger partial charge in [0, 0.05) is 5.56 Å². The van der Waals surface area contributed by atoms with Gasteiger partial charge in [-0.3, -0.25) is 0 Å². The highest BCUT2D eigenvalue weighted by Gasteiger charge is 2.29. The molecule has 0 saturated heterocycles. The maximum atomic E-state index is 13.4. The summed E-state index contributed by atoms with van der Waals surface area (Å²) in [5.41, 5.74) is -2.95. The lowest BCUT2D eigenvalue weighted by Gasteiger charge is -2.09. The first kappa shape index (κ1) is 29.3. The lowest BCUT2D eigenvalue weighted by molar-refractivity contribution is 0.380. The molecule has 0 aliphatic carbocycles. The number of unbranched alkanes of at least 4 members (excludes halogenated alkanes) is 6. The summed E-state index contributed by atoms with van der Waals surface area (Å²) in [6, 6.07) is 0.665. The number of halogens is 8. The molecule has 0 N–H and O–H groups in total. The Morgan fingerprint density at radius 1 is 0.515 bits per heavy atom. The Kier molecular flexibility index (Phi) is 13.6. The number of hydrogen-bond donors (Lipinski definition) is 0. The Hall–Kier alpha value is -1.69. The summed E-state index contributed by atoms with van der Waals surface area (Å²) in [5, 5.41) is 0. The van der Waals surface area contributed by atoms with Crippen LogP contribution in [-0.2, 0) is 0 Å². The number of hydrogen-bond acceptors (Lipinski definition) is 0. The van der Waals surface area contributed by atoms with Gasteiger partial charge in [-0.2, -0.15) is 0 Å². The molecular weight excluding hydrogens is 471 g/mol. The first-order chi connectivity index (χ1) is 15.7. The van der Waals surface area contributed by atoms with Crippen molar-refractivity contribution < 1.29 is 35.1 Å². The molecule has 9 heteroatoms. The van der Waals surface area contributed by atoms with E-state index in [9.17, 15) is 35.1 Å². The summed E-state index contributed by atoms with van der Waals surface area (Å²) in [6.45, 7) is 4.57. The highest BCUT2D eigenvalue weighted by molar-refractivity contribution is 7.37. The van der Waals surface area contributed by atoms with Crippen molar-refractivity contribution in [1.29, 1.82) is 0 Å². The molecule has 0 aliphatic heterocycles. The van der Waals surface area contributed by atoms with E-state index in [4.69, 9.17) is 0 Å². The molecule has 0 saturated carbocycles. The summed E-state index contributed by atoms with van der Waals surface area (Å²) in [4.78, 5) is 0. The molecule has 0 unspecified atom stereocenters. The summed E-state index contributed by atoms with van der Waals surface area (Å²) in [7, 11) is 1.25. The van der Waals surface area contributed by atoms with Crippen LogP contribution >= 0.6 is 8.58 Å². The van der Waals surface area contributed by atoms with E-state index in [1.54, 1.807) is 0 Å². The van der Waals surface area contributed by atoms with Crippen LogP contribution in [0.15, 0.2) is 12.1 Å². The summed E-state index contributed by atoms with van der Waals surface area (Å²) >= 11 is 0. The molecule has 2 aromatic carbocycles. The minimum Gasteiger partial charge on any atom is -0.204 e. The van der Waals surface area contributed by atoms with Crippen molar-refractivity contribution in [3.63, 3.8) is 0 Å². The molecule has 0 bridgehead atoms. The number of benzene rings is 2. The predicted molar refractivity (Wildman–Crippen MR) is 118 cm³/mol. The topological polar surface area (TPSA) is 0 Å². The third-order valence-electron chi connectivity index (χ3n) is 4.93. The van der Waals surface area contributed by atoms with Crippen LogP contribution in [-0.4, -0.2) is 12.3 Å². The Morgan fingerprint density at radius 3 is 1.42 bits per heavy atom. The normalized spacial score (nSPS) is 10.8. The monoisotopic (exact) mass is 500 g/mol. The zero-order valence-corrected chi connectivity index (χ0v) is 19.7. The fourth-order valence-electron chi connectivity index (χ4n) is 3.04. The summed E-state index contributed by atoms with van der Waals surface area (Å²) < 4.78 is 105. The van der Waals surface area contributed by atoms with Crippen LogP contribution in [0.25, 0.3) is 11.1 Å². The molecule has 186 valence electrons. The van der Waals surface area contributed by atoms with Crippen LogP contribution in [0.4, 0.5) is 35.1 Å². The van der Waals surface area contributed by atoms with Gasteiger partial charge in [-0.1, -0.05) is 52.4 Å². The van der Waals surface area contributed by atoms with E-state index in [0.717, 1.165) is 0 Å². The Morgan fingerprint density at radius 2 is 0.970 bits per heavy atom. The molecule has 0 heterocycles. The van der Waals surface area contributed by atoms with E-state index in [1.165, 1.54) is 72.3 Å². The SMILES string of the molecule is CCCCCCPCCCCCC.Fc1ccc(-c2c(F)c(F)c(F)c(F)c2F)c(F)c1F. The van der Waals surface area contributed by atoms with Crippen LogP contribution in [0.5, 0.6) is 0 Å². The van der Waals surface area contributed by atoms with Crippen molar-refractivity contribution >= 4 is 8.58 Å². The summed E-state index contributed by atoms with van der Waals surface area (Å²) in [6.07, 6.45) is 14.6. The van der Waals surface area contributed by atoms with Gasteiger partial charge in [-0.15, -0.1) is 8.58 Å². The second-order valence-electron chi connectivity index (χ2n) is 7.54. The van der Waals surface area contributed by atoms with Crippen molar-refractivity contribution in [1.82, 2.24) is 0 Å². The highest BCUT2D eigenvalue weighted by Crippen LogP contribution is 2.34. The van der Waals surface area contributed by atoms with Crippen LogP contribution in [0.2, 0.25) is 0 Å². The standard InChI is InChI=1S/C12H2F8.C12H27P/c13-4-2-1-3(6(14)7(4)15)5-8(16)10(18)12(20)11(19)9(5)17;1-3-5-7-9-11-13-12-10-8-6-4-2/h1-2H;13H,3-12H2,1-2H3. The molecule has 0 atom stereocenters. The zero-order valence-electron chi connectivity index (χ0n) is 18.7. The molecule has 0 radical (unpaired) electrons. The Bertz CT molecular complexity index is 846. The van der Waals surface area contributed by atoms with Crippen molar-refractivity contribution in [3.8, 4) is 11.1 Å². The van der Waals surface area contributed by atoms with E-state index in [2.05, 4.69) is 13.8 Å². The van der Waals surface area contributed by atoms with Crippen molar-refractivity contribution in [2.75, 3.05) is 12.3 Å². The molecule has 0 nitrogen and oxygen atoms in total. The Labute approximate surface area is 191 Å². The molecule has 0 aromatic heterocycles. The van der Waals surface area contributed by atoms with Gasteiger partial charge in [0.25, 0.3) is 0 Å². The van der Waals surface area contributed by atoms with Gasteiger partial charge in [0.2, 0.25) is 5.82 Å². The molecule has 0 spiro atoms. The maximum Gasteiger partial charge on any atom is 0.200 e. The molecule has 2 aromatic rings. The van der Waals surface area contributed by atoms with Crippen molar-refractivity contribution in [2.24, 2.45) is 0 Å². The molecular formula is C24H29F8P. The smallest absolute Gasteiger partial charge is 0.200 e. The van der Waals surface area contributed by atoms with Gasteiger partial charge in [0.05, 0.1) is 5.56 Å². The largest absolute Gasteiger partial charge is 0.204 e.